The van der Waals surface area contributed by atoms with Crippen LogP contribution < -0.4 is 4.74 Å². The van der Waals surface area contributed by atoms with Crippen LogP contribution in [-0.4, -0.2) is 58.4 Å². The van der Waals surface area contributed by atoms with Gasteiger partial charge >= 0.3 is 5.97 Å². The smallest absolute Gasteiger partial charge is 0.306 e. The summed E-state index contributed by atoms with van der Waals surface area (Å²) in [5.41, 5.74) is 3.66. The number of nitrogens with zero attached hydrogens (tertiary/aromatic N) is 5. The summed E-state index contributed by atoms with van der Waals surface area (Å²) in [7, 11) is -3.79. The Morgan fingerprint density at radius 2 is 1.93 bits per heavy atom. The van der Waals surface area contributed by atoms with Crippen LogP contribution in [0, 0.1) is 6.92 Å². The van der Waals surface area contributed by atoms with Crippen molar-refractivity contribution in [2.75, 3.05) is 19.8 Å². The van der Waals surface area contributed by atoms with E-state index in [0.29, 0.717) is 25.2 Å². The van der Waals surface area contributed by atoms with Crippen molar-refractivity contribution in [1.82, 2.24) is 24.3 Å². The highest BCUT2D eigenvalue weighted by atomic mass is 32.2. The standard InChI is InChI=1S/C27H35N5O5S.C3H8/c1-5-36-27(33)15-22(8-9-24-18-32(19(2)3)30-29-24)21-7-6-20(4)23(14-21)17-31-12-13-37-25-10-11-28-16-26(25)38(31,34)35;1-3-2/h6-7,10-11,14,16,18-19,22H,5,8-9,12-13,15,17H2,1-4H3;3H2,1-2H3. The fraction of sp³-hybridized carbons (Fsp3) is 0.533. The number of rotatable bonds is 10. The maximum atomic E-state index is 13.4. The van der Waals surface area contributed by atoms with Crippen molar-refractivity contribution in [2.45, 2.75) is 90.6 Å². The molecule has 10 nitrogen and oxygen atoms in total. The number of aryl methyl sites for hydroxylation is 2. The molecule has 1 unspecified atom stereocenters. The zero-order valence-electron chi connectivity index (χ0n) is 25.0. The lowest BCUT2D eigenvalue weighted by molar-refractivity contribution is -0.143. The van der Waals surface area contributed by atoms with Crippen LogP contribution in [0.5, 0.6) is 5.75 Å². The maximum Gasteiger partial charge on any atom is 0.306 e. The molecule has 0 saturated heterocycles. The first-order chi connectivity index (χ1) is 19.6. The lowest BCUT2D eigenvalue weighted by Gasteiger charge is -2.22. The van der Waals surface area contributed by atoms with Crippen LogP contribution in [0.3, 0.4) is 0 Å². The number of ether oxygens (including phenoxy) is 2. The molecule has 3 heterocycles. The number of benzene rings is 1. The van der Waals surface area contributed by atoms with Crippen molar-refractivity contribution in [3.63, 3.8) is 0 Å². The molecule has 3 aromatic rings. The van der Waals surface area contributed by atoms with Gasteiger partial charge in [-0.3, -0.25) is 9.78 Å². The number of pyridine rings is 1. The zero-order valence-corrected chi connectivity index (χ0v) is 25.9. The number of carbonyl (C=O) groups is 1. The lowest BCUT2D eigenvalue weighted by atomic mass is 9.88. The predicted octanol–water partition coefficient (Wildman–Crippen LogP) is 5.23. The summed E-state index contributed by atoms with van der Waals surface area (Å²) in [6, 6.07) is 7.79. The number of sulfonamides is 1. The van der Waals surface area contributed by atoms with Gasteiger partial charge in [0.2, 0.25) is 10.0 Å². The number of hydrogen-bond acceptors (Lipinski definition) is 8. The third-order valence-corrected chi connectivity index (χ3v) is 8.56. The molecular weight excluding hydrogens is 542 g/mol. The molecule has 0 aliphatic carbocycles. The fourth-order valence-electron chi connectivity index (χ4n) is 4.48. The van der Waals surface area contributed by atoms with Gasteiger partial charge in [-0.1, -0.05) is 43.7 Å². The van der Waals surface area contributed by atoms with Gasteiger partial charge in [-0.15, -0.1) is 5.10 Å². The molecule has 0 amide bonds. The van der Waals surface area contributed by atoms with E-state index in [2.05, 4.69) is 29.1 Å². The fourth-order valence-corrected chi connectivity index (χ4v) is 5.95. The van der Waals surface area contributed by atoms with Gasteiger partial charge in [0.05, 0.1) is 24.9 Å². The molecule has 0 radical (unpaired) electrons. The molecule has 1 aliphatic heterocycles. The van der Waals surface area contributed by atoms with Crippen LogP contribution in [0.2, 0.25) is 0 Å². The Morgan fingerprint density at radius 3 is 2.61 bits per heavy atom. The van der Waals surface area contributed by atoms with E-state index in [0.717, 1.165) is 22.4 Å². The Labute approximate surface area is 244 Å². The highest BCUT2D eigenvalue weighted by Gasteiger charge is 2.31. The van der Waals surface area contributed by atoms with Crippen LogP contribution in [0.25, 0.3) is 0 Å². The van der Waals surface area contributed by atoms with Crippen molar-refractivity contribution < 1.29 is 22.7 Å². The summed E-state index contributed by atoms with van der Waals surface area (Å²) in [6.07, 6.45) is 7.59. The average molecular weight is 586 g/mol. The second-order valence-electron chi connectivity index (χ2n) is 10.4. The van der Waals surface area contributed by atoms with Gasteiger partial charge in [-0.05, 0) is 69.2 Å². The maximum absolute atomic E-state index is 13.4. The van der Waals surface area contributed by atoms with Crippen LogP contribution in [0.1, 0.15) is 88.2 Å². The monoisotopic (exact) mass is 585 g/mol. The summed E-state index contributed by atoms with van der Waals surface area (Å²) in [5.74, 6) is -0.0646. The zero-order chi connectivity index (χ0) is 30.0. The van der Waals surface area contributed by atoms with Gasteiger partial charge in [0.1, 0.15) is 17.3 Å². The number of hydrogen-bond donors (Lipinski definition) is 0. The van der Waals surface area contributed by atoms with Gasteiger partial charge in [-0.2, -0.15) is 4.31 Å². The first-order valence-electron chi connectivity index (χ1n) is 14.3. The van der Waals surface area contributed by atoms with Crippen molar-refractivity contribution >= 4 is 16.0 Å². The second kappa shape index (κ2) is 15.1. The largest absolute Gasteiger partial charge is 0.491 e. The second-order valence-corrected chi connectivity index (χ2v) is 12.3. The van der Waals surface area contributed by atoms with E-state index >= 15 is 0 Å². The Balaban J connectivity index is 0.00000147. The van der Waals surface area contributed by atoms with Crippen molar-refractivity contribution in [2.24, 2.45) is 0 Å². The Kier molecular flexibility index (Phi) is 11.8. The summed E-state index contributed by atoms with van der Waals surface area (Å²) >= 11 is 0. The van der Waals surface area contributed by atoms with Crippen LogP contribution in [-0.2, 0) is 32.5 Å². The van der Waals surface area contributed by atoms with E-state index in [1.807, 2.05) is 49.8 Å². The molecule has 11 heteroatoms. The molecular formula is C30H43N5O5S. The third kappa shape index (κ3) is 8.59. The summed E-state index contributed by atoms with van der Waals surface area (Å²) < 4.78 is 41.0. The van der Waals surface area contributed by atoms with Crippen molar-refractivity contribution in [3.8, 4) is 5.75 Å². The first kappa shape index (κ1) is 32.2. The Morgan fingerprint density at radius 1 is 1.17 bits per heavy atom. The van der Waals surface area contributed by atoms with Crippen molar-refractivity contribution in [3.05, 3.63) is 65.2 Å². The Bertz CT molecular complexity index is 1390. The highest BCUT2D eigenvalue weighted by Crippen LogP contribution is 2.32. The predicted molar refractivity (Wildman–Crippen MR) is 157 cm³/mol. The third-order valence-electron chi connectivity index (χ3n) is 6.71. The molecule has 0 bridgehead atoms. The molecule has 41 heavy (non-hydrogen) atoms. The van der Waals surface area contributed by atoms with Crippen LogP contribution in [0.4, 0.5) is 0 Å². The highest BCUT2D eigenvalue weighted by molar-refractivity contribution is 7.89. The van der Waals surface area contributed by atoms with E-state index in [-0.39, 0.29) is 48.9 Å². The molecule has 4 rings (SSSR count). The molecule has 0 N–H and O–H groups in total. The molecule has 1 atom stereocenters. The van der Waals surface area contributed by atoms with E-state index in [1.54, 1.807) is 13.0 Å². The van der Waals surface area contributed by atoms with E-state index < -0.39 is 10.0 Å². The number of aromatic nitrogens is 4. The number of carbonyl (C=O) groups excluding carboxylic acids is 1. The topological polar surface area (TPSA) is 117 Å². The summed E-state index contributed by atoms with van der Waals surface area (Å²) in [6.45, 7) is 13.1. The van der Waals surface area contributed by atoms with Crippen LogP contribution >= 0.6 is 0 Å². The Hall–Kier alpha value is -3.31. The summed E-state index contributed by atoms with van der Waals surface area (Å²) in [5, 5.41) is 8.46. The van der Waals surface area contributed by atoms with Gasteiger partial charge in [0.25, 0.3) is 0 Å². The molecule has 0 spiro atoms. The quantitative estimate of drug-likeness (QED) is 0.297. The van der Waals surface area contributed by atoms with Gasteiger partial charge in [-0.25, -0.2) is 13.1 Å². The number of fused-ring (bicyclic) bond motifs is 1. The number of esters is 1. The van der Waals surface area contributed by atoms with Gasteiger partial charge in [0, 0.05) is 31.5 Å². The minimum Gasteiger partial charge on any atom is -0.491 e. The van der Waals surface area contributed by atoms with E-state index in [4.69, 9.17) is 9.47 Å². The SMILES string of the molecule is CCC.CCOC(=O)CC(CCc1cn(C(C)C)nn1)c1ccc(C)c(CN2CCOc3ccncc3S2(=O)=O)c1. The average Bonchev–Trinajstić information content (AvgIpc) is 3.37. The van der Waals surface area contributed by atoms with Gasteiger partial charge < -0.3 is 9.47 Å². The van der Waals surface area contributed by atoms with E-state index in [9.17, 15) is 13.2 Å². The minimum atomic E-state index is -3.79. The van der Waals surface area contributed by atoms with E-state index in [1.165, 1.54) is 23.1 Å². The van der Waals surface area contributed by atoms with Crippen molar-refractivity contribution in [1.29, 1.82) is 0 Å². The lowest BCUT2D eigenvalue weighted by Crippen LogP contribution is -2.32. The normalized spacial score (nSPS) is 15.2. The summed E-state index contributed by atoms with van der Waals surface area (Å²) in [4.78, 5) is 16.5. The molecule has 0 fully saturated rings. The van der Waals surface area contributed by atoms with Gasteiger partial charge in [0.15, 0.2) is 0 Å². The molecule has 0 saturated carbocycles. The molecule has 1 aromatic carbocycles. The molecule has 224 valence electrons. The molecule has 1 aliphatic rings. The molecule has 2 aromatic heterocycles. The minimum absolute atomic E-state index is 0.0703. The first-order valence-corrected chi connectivity index (χ1v) is 15.8. The van der Waals surface area contributed by atoms with Crippen LogP contribution in [0.15, 0.2) is 47.8 Å².